The van der Waals surface area contributed by atoms with E-state index >= 15 is 0 Å². The maximum absolute atomic E-state index is 12.6. The van der Waals surface area contributed by atoms with Gasteiger partial charge in [-0.15, -0.1) is 0 Å². The Hall–Kier alpha value is -1.70. The van der Waals surface area contributed by atoms with Crippen LogP contribution in [0.1, 0.15) is 62.6 Å². The van der Waals surface area contributed by atoms with Crippen molar-refractivity contribution in [2.45, 2.75) is 68.8 Å². The van der Waals surface area contributed by atoms with Gasteiger partial charge in [-0.2, -0.15) is 0 Å². The first-order valence-electron chi connectivity index (χ1n) is 10.5. The van der Waals surface area contributed by atoms with Gasteiger partial charge in [0.05, 0.1) is 10.9 Å². The normalized spacial score (nSPS) is 16.2. The van der Waals surface area contributed by atoms with Crippen LogP contribution in [0.5, 0.6) is 0 Å². The molecular formula is C23H29BrN2O3S. The summed E-state index contributed by atoms with van der Waals surface area (Å²) in [5.41, 5.74) is 1.98. The molecule has 0 spiro atoms. The van der Waals surface area contributed by atoms with E-state index in [2.05, 4.69) is 26.0 Å². The number of sulfonamides is 1. The SMILES string of the molecule is C[C@H](NC(=O)CCc1ccc(S(=O)(=O)NC2CCCCC2)cc1)c1cccc(Br)c1. The third-order valence-corrected chi connectivity index (χ3v) is 7.56. The van der Waals surface area contributed by atoms with Gasteiger partial charge in [0.1, 0.15) is 0 Å². The standard InChI is InChI=1S/C23H29BrN2O3S/c1-17(19-6-5-7-20(24)16-19)25-23(27)15-12-18-10-13-22(14-11-18)30(28,29)26-21-8-3-2-4-9-21/h5-7,10-11,13-14,16-17,21,26H,2-4,8-9,12,15H2,1H3,(H,25,27)/t17-/m0/s1. The molecule has 1 saturated carbocycles. The molecule has 1 fully saturated rings. The number of hydrogen-bond acceptors (Lipinski definition) is 3. The van der Waals surface area contributed by atoms with Crippen LogP contribution in [0, 0.1) is 0 Å². The quantitative estimate of drug-likeness (QED) is 0.551. The summed E-state index contributed by atoms with van der Waals surface area (Å²) in [6.07, 6.45) is 6.07. The molecular weight excluding hydrogens is 464 g/mol. The van der Waals surface area contributed by atoms with Crippen LogP contribution in [-0.4, -0.2) is 20.4 Å². The maximum atomic E-state index is 12.6. The summed E-state index contributed by atoms with van der Waals surface area (Å²) in [7, 11) is -3.49. The van der Waals surface area contributed by atoms with Crippen molar-refractivity contribution in [3.8, 4) is 0 Å². The second-order valence-corrected chi connectivity index (χ2v) is 10.6. The third kappa shape index (κ3) is 6.65. The zero-order chi connectivity index (χ0) is 21.6. The van der Waals surface area contributed by atoms with Gasteiger partial charge in [-0.1, -0.05) is 59.5 Å². The first kappa shape index (κ1) is 23.0. The molecule has 2 aromatic rings. The van der Waals surface area contributed by atoms with Gasteiger partial charge in [-0.05, 0) is 61.6 Å². The fourth-order valence-electron chi connectivity index (χ4n) is 3.77. The molecule has 1 atom stereocenters. The molecule has 162 valence electrons. The summed E-state index contributed by atoms with van der Waals surface area (Å²) in [4.78, 5) is 12.6. The van der Waals surface area contributed by atoms with E-state index in [1.54, 1.807) is 24.3 Å². The van der Waals surface area contributed by atoms with Crippen molar-refractivity contribution in [1.29, 1.82) is 0 Å². The van der Waals surface area contributed by atoms with Crippen LogP contribution >= 0.6 is 15.9 Å². The number of amides is 1. The Kier molecular flexibility index (Phi) is 8.08. The minimum absolute atomic E-state index is 0.0295. The molecule has 30 heavy (non-hydrogen) atoms. The van der Waals surface area contributed by atoms with Crippen LogP contribution in [0.2, 0.25) is 0 Å². The lowest BCUT2D eigenvalue weighted by atomic mass is 9.96. The number of aryl methyl sites for hydroxylation is 1. The Balaban J connectivity index is 1.50. The number of halogens is 1. The average Bonchev–Trinajstić information content (AvgIpc) is 2.73. The Labute approximate surface area is 187 Å². The fraction of sp³-hybridized carbons (Fsp3) is 0.435. The van der Waals surface area contributed by atoms with E-state index in [9.17, 15) is 13.2 Å². The summed E-state index contributed by atoms with van der Waals surface area (Å²) in [6.45, 7) is 1.96. The van der Waals surface area contributed by atoms with E-state index in [1.165, 1.54) is 6.42 Å². The molecule has 0 aliphatic heterocycles. The summed E-state index contributed by atoms with van der Waals surface area (Å²) < 4.78 is 29.0. The number of hydrogen-bond donors (Lipinski definition) is 2. The molecule has 2 N–H and O–H groups in total. The van der Waals surface area contributed by atoms with Gasteiger partial charge in [0.2, 0.25) is 15.9 Å². The molecule has 0 saturated heterocycles. The van der Waals surface area contributed by atoms with E-state index in [1.807, 2.05) is 31.2 Å². The summed E-state index contributed by atoms with van der Waals surface area (Å²) in [6, 6.07) is 14.7. The minimum Gasteiger partial charge on any atom is -0.350 e. The zero-order valence-electron chi connectivity index (χ0n) is 17.2. The lowest BCUT2D eigenvalue weighted by Crippen LogP contribution is -2.36. The molecule has 0 bridgehead atoms. The number of carbonyl (C=O) groups is 1. The highest BCUT2D eigenvalue weighted by atomic mass is 79.9. The summed E-state index contributed by atoms with van der Waals surface area (Å²) >= 11 is 3.45. The van der Waals surface area contributed by atoms with E-state index in [0.29, 0.717) is 12.8 Å². The van der Waals surface area contributed by atoms with Crippen LogP contribution < -0.4 is 10.0 Å². The molecule has 0 unspecified atom stereocenters. The number of benzene rings is 2. The zero-order valence-corrected chi connectivity index (χ0v) is 19.6. The lowest BCUT2D eigenvalue weighted by Gasteiger charge is -2.22. The smallest absolute Gasteiger partial charge is 0.240 e. The molecule has 5 nitrogen and oxygen atoms in total. The van der Waals surface area contributed by atoms with Gasteiger partial charge in [-0.3, -0.25) is 4.79 Å². The van der Waals surface area contributed by atoms with Crippen molar-refractivity contribution < 1.29 is 13.2 Å². The van der Waals surface area contributed by atoms with Crippen molar-refractivity contribution in [3.63, 3.8) is 0 Å². The van der Waals surface area contributed by atoms with Crippen LogP contribution in [0.4, 0.5) is 0 Å². The van der Waals surface area contributed by atoms with Gasteiger partial charge in [0.15, 0.2) is 0 Å². The van der Waals surface area contributed by atoms with E-state index < -0.39 is 10.0 Å². The highest BCUT2D eigenvalue weighted by Gasteiger charge is 2.21. The number of rotatable bonds is 8. The molecule has 0 aromatic heterocycles. The monoisotopic (exact) mass is 492 g/mol. The number of nitrogens with one attached hydrogen (secondary N) is 2. The van der Waals surface area contributed by atoms with Crippen molar-refractivity contribution in [2.75, 3.05) is 0 Å². The summed E-state index contributed by atoms with van der Waals surface area (Å²) in [5, 5.41) is 3.01. The van der Waals surface area contributed by atoms with Crippen molar-refractivity contribution in [1.82, 2.24) is 10.0 Å². The Bertz CT molecular complexity index is 955. The molecule has 7 heteroatoms. The predicted molar refractivity (Wildman–Crippen MR) is 123 cm³/mol. The van der Waals surface area contributed by atoms with Crippen LogP contribution in [0.3, 0.4) is 0 Å². The van der Waals surface area contributed by atoms with Gasteiger partial charge in [0, 0.05) is 16.9 Å². The summed E-state index contributed by atoms with van der Waals surface area (Å²) in [5.74, 6) is -0.0295. The highest BCUT2D eigenvalue weighted by Crippen LogP contribution is 2.21. The first-order valence-corrected chi connectivity index (χ1v) is 12.8. The minimum atomic E-state index is -3.49. The maximum Gasteiger partial charge on any atom is 0.240 e. The molecule has 1 aliphatic rings. The third-order valence-electron chi connectivity index (χ3n) is 5.53. The molecule has 2 aromatic carbocycles. The van der Waals surface area contributed by atoms with E-state index in [-0.39, 0.29) is 22.9 Å². The van der Waals surface area contributed by atoms with E-state index in [4.69, 9.17) is 0 Å². The van der Waals surface area contributed by atoms with Crippen LogP contribution in [0.15, 0.2) is 57.9 Å². The predicted octanol–water partition coefficient (Wildman–Crippen LogP) is 4.87. The topological polar surface area (TPSA) is 75.3 Å². The second-order valence-electron chi connectivity index (χ2n) is 7.94. The van der Waals surface area contributed by atoms with Crippen molar-refractivity contribution in [3.05, 3.63) is 64.1 Å². The number of carbonyl (C=O) groups excluding carboxylic acids is 1. The molecule has 3 rings (SSSR count). The van der Waals surface area contributed by atoms with Crippen molar-refractivity contribution in [2.24, 2.45) is 0 Å². The van der Waals surface area contributed by atoms with Gasteiger partial charge in [-0.25, -0.2) is 13.1 Å². The van der Waals surface area contributed by atoms with E-state index in [0.717, 1.165) is 41.3 Å². The highest BCUT2D eigenvalue weighted by molar-refractivity contribution is 9.10. The lowest BCUT2D eigenvalue weighted by molar-refractivity contribution is -0.121. The van der Waals surface area contributed by atoms with Gasteiger partial charge in [0.25, 0.3) is 0 Å². The van der Waals surface area contributed by atoms with Crippen LogP contribution in [-0.2, 0) is 21.2 Å². The average molecular weight is 493 g/mol. The molecule has 1 amide bonds. The van der Waals surface area contributed by atoms with Gasteiger partial charge >= 0.3 is 0 Å². The molecule has 0 heterocycles. The largest absolute Gasteiger partial charge is 0.350 e. The first-order chi connectivity index (χ1) is 14.3. The van der Waals surface area contributed by atoms with Crippen molar-refractivity contribution >= 4 is 31.9 Å². The Morgan fingerprint density at radius 2 is 1.80 bits per heavy atom. The molecule has 0 radical (unpaired) electrons. The Morgan fingerprint density at radius 1 is 1.10 bits per heavy atom. The fourth-order valence-corrected chi connectivity index (χ4v) is 5.50. The molecule has 1 aliphatic carbocycles. The van der Waals surface area contributed by atoms with Crippen LogP contribution in [0.25, 0.3) is 0 Å². The van der Waals surface area contributed by atoms with Gasteiger partial charge < -0.3 is 5.32 Å². The Morgan fingerprint density at radius 3 is 2.47 bits per heavy atom. The second kappa shape index (κ2) is 10.6.